The van der Waals surface area contributed by atoms with Crippen LogP contribution in [0.4, 0.5) is 4.79 Å². The molecule has 2 N–H and O–H groups in total. The second kappa shape index (κ2) is 10.5. The third-order valence-corrected chi connectivity index (χ3v) is 6.96. The predicted octanol–water partition coefficient (Wildman–Crippen LogP) is 2.81. The number of thioether (sulfide) groups is 1. The summed E-state index contributed by atoms with van der Waals surface area (Å²) in [7, 11) is 1.23. The smallest absolute Gasteiger partial charge is 0.407 e. The fourth-order valence-corrected chi connectivity index (χ4v) is 4.70. The van der Waals surface area contributed by atoms with E-state index in [-0.39, 0.29) is 24.2 Å². The molecule has 1 saturated heterocycles. The van der Waals surface area contributed by atoms with E-state index in [4.69, 9.17) is 0 Å². The molecule has 1 fully saturated rings. The normalized spacial score (nSPS) is 18.4. The highest BCUT2D eigenvalue weighted by molar-refractivity contribution is 9.10. The van der Waals surface area contributed by atoms with Gasteiger partial charge in [-0.2, -0.15) is 0 Å². The summed E-state index contributed by atoms with van der Waals surface area (Å²) in [6.07, 6.45) is -0.709. The molecule has 2 rings (SSSR count). The maximum Gasteiger partial charge on any atom is 0.407 e. The van der Waals surface area contributed by atoms with Crippen molar-refractivity contribution in [1.82, 2.24) is 15.5 Å². The molecular weight excluding hydrogens is 486 g/mol. The van der Waals surface area contributed by atoms with Gasteiger partial charge in [-0.25, -0.2) is 4.79 Å². The standard InChI is InChI=1S/C21H28BrN3O5S/c1-12(2)16(24-20(29)30-5)19(28)25-11-31-21(3,4)17(25)18(27)23-10-15(26)13-6-8-14(22)9-7-13/h6-9,12,16-17H,10-11H2,1-5H3,(H,23,27)(H,24,29)/t16-,17+/m0/s1. The maximum atomic E-state index is 13.2. The van der Waals surface area contributed by atoms with Gasteiger partial charge in [0.15, 0.2) is 5.78 Å². The minimum absolute atomic E-state index is 0.173. The third kappa shape index (κ3) is 6.22. The second-order valence-corrected chi connectivity index (χ2v) is 10.6. The Morgan fingerprint density at radius 3 is 2.39 bits per heavy atom. The van der Waals surface area contributed by atoms with Crippen molar-refractivity contribution < 1.29 is 23.9 Å². The van der Waals surface area contributed by atoms with Crippen LogP contribution in [-0.2, 0) is 14.3 Å². The number of hydrogen-bond donors (Lipinski definition) is 2. The first-order valence-electron chi connectivity index (χ1n) is 9.83. The number of nitrogens with zero attached hydrogens (tertiary/aromatic N) is 1. The average molecular weight is 514 g/mol. The van der Waals surface area contributed by atoms with Crippen LogP contribution in [0.25, 0.3) is 0 Å². The average Bonchev–Trinajstić information content (AvgIpc) is 3.04. The molecule has 1 aromatic carbocycles. The van der Waals surface area contributed by atoms with Crippen molar-refractivity contribution in [3.05, 3.63) is 34.3 Å². The van der Waals surface area contributed by atoms with Gasteiger partial charge >= 0.3 is 6.09 Å². The number of carbonyl (C=O) groups is 4. The van der Waals surface area contributed by atoms with E-state index in [2.05, 4.69) is 31.3 Å². The topological polar surface area (TPSA) is 105 Å². The molecular formula is C21H28BrN3O5S. The van der Waals surface area contributed by atoms with E-state index < -0.39 is 28.8 Å². The molecule has 1 aliphatic rings. The van der Waals surface area contributed by atoms with Crippen LogP contribution in [0.2, 0.25) is 0 Å². The van der Waals surface area contributed by atoms with Crippen molar-refractivity contribution >= 4 is 51.4 Å². The summed E-state index contributed by atoms with van der Waals surface area (Å²) >= 11 is 4.79. The lowest BCUT2D eigenvalue weighted by atomic mass is 9.97. The van der Waals surface area contributed by atoms with Crippen LogP contribution < -0.4 is 10.6 Å². The van der Waals surface area contributed by atoms with Crippen molar-refractivity contribution in [1.29, 1.82) is 0 Å². The SMILES string of the molecule is COC(=O)N[C@H](C(=O)N1CSC(C)(C)[C@H]1C(=O)NCC(=O)c1ccc(Br)cc1)C(C)C. The van der Waals surface area contributed by atoms with Gasteiger partial charge in [0, 0.05) is 14.8 Å². The summed E-state index contributed by atoms with van der Waals surface area (Å²) in [5, 5.41) is 5.23. The molecule has 2 atom stereocenters. The Balaban J connectivity index is 2.14. The molecule has 0 spiro atoms. The maximum absolute atomic E-state index is 13.2. The highest BCUT2D eigenvalue weighted by Crippen LogP contribution is 2.40. The zero-order valence-electron chi connectivity index (χ0n) is 18.2. The molecule has 8 nitrogen and oxygen atoms in total. The monoisotopic (exact) mass is 513 g/mol. The number of rotatable bonds is 7. The molecule has 31 heavy (non-hydrogen) atoms. The number of amides is 3. The molecule has 0 saturated carbocycles. The Labute approximate surface area is 195 Å². The largest absolute Gasteiger partial charge is 0.453 e. The molecule has 10 heteroatoms. The predicted molar refractivity (Wildman–Crippen MR) is 123 cm³/mol. The van der Waals surface area contributed by atoms with Gasteiger partial charge in [0.05, 0.1) is 19.5 Å². The Bertz CT molecular complexity index is 844. The number of nitrogens with one attached hydrogen (secondary N) is 2. The van der Waals surface area contributed by atoms with E-state index in [1.54, 1.807) is 38.1 Å². The van der Waals surface area contributed by atoms with Crippen LogP contribution in [0, 0.1) is 5.92 Å². The van der Waals surface area contributed by atoms with Gasteiger partial charge in [0.1, 0.15) is 12.1 Å². The number of benzene rings is 1. The number of ether oxygens (including phenoxy) is 1. The Morgan fingerprint density at radius 2 is 1.84 bits per heavy atom. The first-order valence-corrected chi connectivity index (χ1v) is 11.6. The van der Waals surface area contributed by atoms with E-state index in [0.717, 1.165) is 4.47 Å². The van der Waals surface area contributed by atoms with E-state index in [1.807, 2.05) is 13.8 Å². The quantitative estimate of drug-likeness (QED) is 0.543. The number of carbonyl (C=O) groups excluding carboxylic acids is 4. The minimum Gasteiger partial charge on any atom is -0.453 e. The summed E-state index contributed by atoms with van der Waals surface area (Å²) in [6, 6.07) is 5.24. The van der Waals surface area contributed by atoms with Crippen molar-refractivity contribution in [3.8, 4) is 0 Å². The zero-order chi connectivity index (χ0) is 23.3. The number of methoxy groups -OCH3 is 1. The van der Waals surface area contributed by atoms with E-state index in [0.29, 0.717) is 11.4 Å². The molecule has 1 aromatic rings. The number of halogens is 1. The molecule has 0 unspecified atom stereocenters. The van der Waals surface area contributed by atoms with Crippen LogP contribution in [0.3, 0.4) is 0 Å². The lowest BCUT2D eigenvalue weighted by Crippen LogP contribution is -2.59. The van der Waals surface area contributed by atoms with E-state index in [9.17, 15) is 19.2 Å². The molecule has 170 valence electrons. The summed E-state index contributed by atoms with van der Waals surface area (Å²) < 4.78 is 4.92. The fraction of sp³-hybridized carbons (Fsp3) is 0.524. The number of alkyl carbamates (subject to hydrolysis) is 1. The zero-order valence-corrected chi connectivity index (χ0v) is 20.6. The van der Waals surface area contributed by atoms with Gasteiger partial charge in [-0.3, -0.25) is 14.4 Å². The molecule has 3 amide bonds. The van der Waals surface area contributed by atoms with Gasteiger partial charge < -0.3 is 20.3 Å². The molecule has 1 heterocycles. The lowest BCUT2D eigenvalue weighted by Gasteiger charge is -2.33. The van der Waals surface area contributed by atoms with Gasteiger partial charge in [0.2, 0.25) is 11.8 Å². The van der Waals surface area contributed by atoms with E-state index >= 15 is 0 Å². The summed E-state index contributed by atoms with van der Waals surface area (Å²) in [6.45, 7) is 7.19. The molecule has 0 aromatic heterocycles. The highest BCUT2D eigenvalue weighted by Gasteiger charge is 2.49. The molecule has 1 aliphatic heterocycles. The van der Waals surface area contributed by atoms with Crippen LogP contribution >= 0.6 is 27.7 Å². The van der Waals surface area contributed by atoms with Crippen LogP contribution in [0.15, 0.2) is 28.7 Å². The van der Waals surface area contributed by atoms with Crippen molar-refractivity contribution in [3.63, 3.8) is 0 Å². The van der Waals surface area contributed by atoms with Gasteiger partial charge in [0.25, 0.3) is 0 Å². The van der Waals surface area contributed by atoms with Crippen molar-refractivity contribution in [2.24, 2.45) is 5.92 Å². The van der Waals surface area contributed by atoms with Crippen LogP contribution in [-0.4, -0.2) is 65.0 Å². The van der Waals surface area contributed by atoms with Crippen molar-refractivity contribution in [2.45, 2.75) is 44.5 Å². The Hall–Kier alpha value is -2.07. The third-order valence-electron chi connectivity index (χ3n) is 5.06. The first kappa shape index (κ1) is 25.2. The van der Waals surface area contributed by atoms with Gasteiger partial charge in [-0.05, 0) is 31.9 Å². The molecule has 0 bridgehead atoms. The Morgan fingerprint density at radius 1 is 1.23 bits per heavy atom. The van der Waals surface area contributed by atoms with Gasteiger partial charge in [-0.15, -0.1) is 11.8 Å². The summed E-state index contributed by atoms with van der Waals surface area (Å²) in [5.74, 6) is -0.902. The van der Waals surface area contributed by atoms with Crippen LogP contribution in [0.1, 0.15) is 38.1 Å². The van der Waals surface area contributed by atoms with Crippen molar-refractivity contribution in [2.75, 3.05) is 19.5 Å². The first-order chi connectivity index (χ1) is 14.5. The number of hydrogen-bond acceptors (Lipinski definition) is 6. The molecule has 0 aliphatic carbocycles. The van der Waals surface area contributed by atoms with Crippen LogP contribution in [0.5, 0.6) is 0 Å². The van der Waals surface area contributed by atoms with E-state index in [1.165, 1.54) is 23.8 Å². The number of ketones is 1. The lowest BCUT2D eigenvalue weighted by molar-refractivity contribution is -0.141. The number of Topliss-reactive ketones (excluding diaryl/α,β-unsaturated/α-hetero) is 1. The minimum atomic E-state index is -0.832. The summed E-state index contributed by atoms with van der Waals surface area (Å²) in [4.78, 5) is 51.9. The summed E-state index contributed by atoms with van der Waals surface area (Å²) in [5.41, 5.74) is 0.485. The highest BCUT2D eigenvalue weighted by atomic mass is 79.9. The van der Waals surface area contributed by atoms with Gasteiger partial charge in [-0.1, -0.05) is 41.9 Å². The Kier molecular flexibility index (Phi) is 8.53. The molecule has 0 radical (unpaired) electrons. The fourth-order valence-electron chi connectivity index (χ4n) is 3.29. The second-order valence-electron chi connectivity index (χ2n) is 8.09.